The Bertz CT molecular complexity index is 350. The highest BCUT2D eigenvalue weighted by Crippen LogP contribution is 2.35. The van der Waals surface area contributed by atoms with Crippen LogP contribution in [0.4, 0.5) is 0 Å². The summed E-state index contributed by atoms with van der Waals surface area (Å²) in [6, 6.07) is 5.01. The first-order valence-electron chi connectivity index (χ1n) is 6.83. The van der Waals surface area contributed by atoms with Crippen LogP contribution in [0, 0.1) is 0 Å². The van der Waals surface area contributed by atoms with Crippen molar-refractivity contribution in [2.45, 2.75) is 52.1 Å². The van der Waals surface area contributed by atoms with Gasteiger partial charge in [-0.3, -0.25) is 0 Å². The molecule has 1 atom stereocenters. The van der Waals surface area contributed by atoms with Crippen LogP contribution in [0.25, 0.3) is 0 Å². The molecule has 3 heteroatoms. The highest BCUT2D eigenvalue weighted by atomic mass is 16.5. The zero-order valence-electron chi connectivity index (χ0n) is 11.4. The summed E-state index contributed by atoms with van der Waals surface area (Å²) in [5.74, 6) is -0.140. The Morgan fingerprint density at radius 2 is 1.89 bits per heavy atom. The molecule has 0 saturated heterocycles. The molecule has 2 N–H and O–H groups in total. The molecule has 1 unspecified atom stereocenters. The zero-order chi connectivity index (χ0) is 13.4. The van der Waals surface area contributed by atoms with Gasteiger partial charge >= 0.3 is 0 Å². The summed E-state index contributed by atoms with van der Waals surface area (Å²) >= 11 is 0. The van der Waals surface area contributed by atoms with E-state index in [0.29, 0.717) is 12.2 Å². The molecule has 3 nitrogen and oxygen atoms in total. The molecule has 0 radical (unpaired) electrons. The van der Waals surface area contributed by atoms with Crippen LogP contribution in [0.3, 0.4) is 0 Å². The monoisotopic (exact) mass is 252 g/mol. The van der Waals surface area contributed by atoms with Crippen molar-refractivity contribution in [3.05, 3.63) is 23.8 Å². The second-order valence-corrected chi connectivity index (χ2v) is 4.54. The number of ether oxygens (including phenoxy) is 1. The first kappa shape index (κ1) is 14.8. The van der Waals surface area contributed by atoms with Crippen LogP contribution in [0.5, 0.6) is 11.5 Å². The molecule has 1 aromatic carbocycles. The SMILES string of the molecule is CCCCCCOC(CC)c1cccc(O)c1O. The number of phenolic OH excluding ortho intramolecular Hbond substituents is 2. The molecular formula is C15H24O3. The molecule has 0 bridgehead atoms. The van der Waals surface area contributed by atoms with Gasteiger partial charge in [-0.15, -0.1) is 0 Å². The molecule has 0 amide bonds. The third-order valence-electron chi connectivity index (χ3n) is 3.08. The molecule has 0 aromatic heterocycles. The molecule has 0 saturated carbocycles. The molecule has 1 aromatic rings. The first-order valence-corrected chi connectivity index (χ1v) is 6.83. The molecule has 0 heterocycles. The summed E-state index contributed by atoms with van der Waals surface area (Å²) in [6.45, 7) is 4.90. The normalized spacial score (nSPS) is 12.6. The topological polar surface area (TPSA) is 49.7 Å². The molecular weight excluding hydrogens is 228 g/mol. The minimum atomic E-state index is -0.140. The Balaban J connectivity index is 2.52. The van der Waals surface area contributed by atoms with Gasteiger partial charge in [0.2, 0.25) is 0 Å². The highest BCUT2D eigenvalue weighted by molar-refractivity contribution is 5.45. The van der Waals surface area contributed by atoms with Crippen LogP contribution in [0.15, 0.2) is 18.2 Å². The average Bonchev–Trinajstić information content (AvgIpc) is 2.38. The Morgan fingerprint density at radius 1 is 1.11 bits per heavy atom. The maximum atomic E-state index is 9.81. The lowest BCUT2D eigenvalue weighted by Gasteiger charge is -2.18. The predicted molar refractivity (Wildman–Crippen MR) is 72.9 cm³/mol. The Kier molecular flexibility index (Phi) is 6.58. The lowest BCUT2D eigenvalue weighted by molar-refractivity contribution is 0.0455. The van der Waals surface area contributed by atoms with Crippen molar-refractivity contribution in [1.82, 2.24) is 0 Å². The van der Waals surface area contributed by atoms with E-state index in [1.807, 2.05) is 6.92 Å². The molecule has 18 heavy (non-hydrogen) atoms. The van der Waals surface area contributed by atoms with Crippen LogP contribution in [-0.4, -0.2) is 16.8 Å². The van der Waals surface area contributed by atoms with Crippen molar-refractivity contribution in [1.29, 1.82) is 0 Å². The van der Waals surface area contributed by atoms with Crippen LogP contribution in [0.1, 0.15) is 57.6 Å². The molecule has 0 spiro atoms. The summed E-state index contributed by atoms with van der Waals surface area (Å²) in [4.78, 5) is 0. The quantitative estimate of drug-likeness (QED) is 0.540. The van der Waals surface area contributed by atoms with Crippen LogP contribution >= 0.6 is 0 Å². The maximum Gasteiger partial charge on any atom is 0.163 e. The summed E-state index contributed by atoms with van der Waals surface area (Å²) in [5.41, 5.74) is 0.674. The number of rotatable bonds is 8. The average molecular weight is 252 g/mol. The first-order chi connectivity index (χ1) is 8.70. The van der Waals surface area contributed by atoms with Gasteiger partial charge in [0.1, 0.15) is 0 Å². The van der Waals surface area contributed by atoms with Gasteiger partial charge in [0.05, 0.1) is 6.10 Å². The number of unbranched alkanes of at least 4 members (excludes halogenated alkanes) is 3. The van der Waals surface area contributed by atoms with E-state index in [0.717, 1.165) is 12.8 Å². The van der Waals surface area contributed by atoms with Crippen molar-refractivity contribution in [3.8, 4) is 11.5 Å². The fourth-order valence-electron chi connectivity index (χ4n) is 1.99. The molecule has 0 aliphatic carbocycles. The molecule has 0 aliphatic rings. The van der Waals surface area contributed by atoms with E-state index >= 15 is 0 Å². The van der Waals surface area contributed by atoms with E-state index in [2.05, 4.69) is 6.92 Å². The summed E-state index contributed by atoms with van der Waals surface area (Å²) in [5, 5.41) is 19.3. The van der Waals surface area contributed by atoms with Gasteiger partial charge in [0, 0.05) is 12.2 Å². The number of para-hydroxylation sites is 1. The predicted octanol–water partition coefficient (Wildman–Crippen LogP) is 4.15. The zero-order valence-corrected chi connectivity index (χ0v) is 11.4. The Labute approximate surface area is 109 Å². The summed E-state index contributed by atoms with van der Waals surface area (Å²) < 4.78 is 5.79. The van der Waals surface area contributed by atoms with Crippen molar-refractivity contribution >= 4 is 0 Å². The second-order valence-electron chi connectivity index (χ2n) is 4.54. The standard InChI is InChI=1S/C15H24O3/c1-3-5-6-7-11-18-14(4-2)12-9-8-10-13(16)15(12)17/h8-10,14,16-17H,3-7,11H2,1-2H3. The van der Waals surface area contributed by atoms with Gasteiger partial charge in [-0.05, 0) is 18.9 Å². The summed E-state index contributed by atoms with van der Waals surface area (Å²) in [6.07, 6.45) is 5.31. The van der Waals surface area contributed by atoms with Crippen molar-refractivity contribution in [2.75, 3.05) is 6.61 Å². The minimum absolute atomic E-state index is 0.0575. The number of aromatic hydroxyl groups is 2. The van der Waals surface area contributed by atoms with E-state index in [9.17, 15) is 10.2 Å². The smallest absolute Gasteiger partial charge is 0.163 e. The van der Waals surface area contributed by atoms with Gasteiger partial charge in [0.15, 0.2) is 11.5 Å². The van der Waals surface area contributed by atoms with Crippen molar-refractivity contribution in [2.24, 2.45) is 0 Å². The number of phenols is 2. The lowest BCUT2D eigenvalue weighted by Crippen LogP contribution is -2.05. The van der Waals surface area contributed by atoms with Gasteiger partial charge < -0.3 is 14.9 Å². The van der Waals surface area contributed by atoms with Crippen molar-refractivity contribution < 1.29 is 14.9 Å². The van der Waals surface area contributed by atoms with E-state index in [1.54, 1.807) is 12.1 Å². The van der Waals surface area contributed by atoms with Gasteiger partial charge in [-0.1, -0.05) is 45.2 Å². The van der Waals surface area contributed by atoms with Gasteiger partial charge in [0.25, 0.3) is 0 Å². The molecule has 1 rings (SSSR count). The molecule has 0 aliphatic heterocycles. The van der Waals surface area contributed by atoms with E-state index in [4.69, 9.17) is 4.74 Å². The third kappa shape index (κ3) is 4.22. The minimum Gasteiger partial charge on any atom is -0.504 e. The number of hydrogen-bond donors (Lipinski definition) is 2. The fourth-order valence-corrected chi connectivity index (χ4v) is 1.99. The second kappa shape index (κ2) is 7.98. The Hall–Kier alpha value is -1.22. The van der Waals surface area contributed by atoms with E-state index in [-0.39, 0.29) is 17.6 Å². The summed E-state index contributed by atoms with van der Waals surface area (Å²) in [7, 11) is 0. The van der Waals surface area contributed by atoms with Crippen LogP contribution in [0.2, 0.25) is 0 Å². The largest absolute Gasteiger partial charge is 0.504 e. The number of benzene rings is 1. The molecule has 102 valence electrons. The van der Waals surface area contributed by atoms with Crippen LogP contribution < -0.4 is 0 Å². The van der Waals surface area contributed by atoms with Crippen LogP contribution in [-0.2, 0) is 4.74 Å². The maximum absolute atomic E-state index is 9.81. The highest BCUT2D eigenvalue weighted by Gasteiger charge is 2.16. The van der Waals surface area contributed by atoms with E-state index in [1.165, 1.54) is 25.3 Å². The van der Waals surface area contributed by atoms with E-state index < -0.39 is 0 Å². The molecule has 0 fully saturated rings. The third-order valence-corrected chi connectivity index (χ3v) is 3.08. The lowest BCUT2D eigenvalue weighted by atomic mass is 10.1. The van der Waals surface area contributed by atoms with Gasteiger partial charge in [-0.25, -0.2) is 0 Å². The van der Waals surface area contributed by atoms with Crippen molar-refractivity contribution in [3.63, 3.8) is 0 Å². The fraction of sp³-hybridized carbons (Fsp3) is 0.600. The Morgan fingerprint density at radius 3 is 2.56 bits per heavy atom. The number of hydrogen-bond acceptors (Lipinski definition) is 3. The van der Waals surface area contributed by atoms with Gasteiger partial charge in [-0.2, -0.15) is 0 Å².